The molecule has 0 aliphatic carbocycles. The van der Waals surface area contributed by atoms with Crippen molar-refractivity contribution >= 4 is 16.9 Å². The van der Waals surface area contributed by atoms with Crippen LogP contribution >= 0.6 is 0 Å². The fourth-order valence-electron chi connectivity index (χ4n) is 1.88. The van der Waals surface area contributed by atoms with E-state index in [9.17, 15) is 4.79 Å². The highest BCUT2D eigenvalue weighted by Gasteiger charge is 2.06. The summed E-state index contributed by atoms with van der Waals surface area (Å²) in [5.74, 6) is -0.758. The number of aryl methyl sites for hydroxylation is 3. The molecule has 84 valence electrons. The number of carboxylic acid groups (broad SMARTS) is 1. The zero-order chi connectivity index (χ0) is 11.7. The van der Waals surface area contributed by atoms with Gasteiger partial charge < -0.3 is 10.1 Å². The van der Waals surface area contributed by atoms with Crippen molar-refractivity contribution in [2.45, 2.75) is 26.7 Å². The summed E-state index contributed by atoms with van der Waals surface area (Å²) in [5.41, 5.74) is 4.60. The van der Waals surface area contributed by atoms with E-state index >= 15 is 0 Å². The van der Waals surface area contributed by atoms with Crippen molar-refractivity contribution in [3.63, 3.8) is 0 Å². The maximum absolute atomic E-state index is 10.5. The number of aromatic nitrogens is 1. The lowest BCUT2D eigenvalue weighted by Crippen LogP contribution is -1.97. The molecule has 0 spiro atoms. The van der Waals surface area contributed by atoms with E-state index in [4.69, 9.17) is 5.11 Å². The molecule has 0 aliphatic rings. The van der Waals surface area contributed by atoms with Gasteiger partial charge in [-0.05, 0) is 42.8 Å². The summed E-state index contributed by atoms with van der Waals surface area (Å²) in [4.78, 5) is 13.8. The second-order valence-corrected chi connectivity index (χ2v) is 4.16. The van der Waals surface area contributed by atoms with Gasteiger partial charge in [0.25, 0.3) is 0 Å². The standard InChI is InChI=1S/C13H15NO2/c1-8-3-4-10-7-11(5-6-12(15)16)14-13(10)9(8)2/h3-4,7,14H,5-6H2,1-2H3,(H,15,16). The second kappa shape index (κ2) is 4.00. The van der Waals surface area contributed by atoms with Gasteiger partial charge in [-0.2, -0.15) is 0 Å². The minimum Gasteiger partial charge on any atom is -0.481 e. The third kappa shape index (κ3) is 1.94. The molecule has 3 heteroatoms. The first-order chi connectivity index (χ1) is 7.58. The van der Waals surface area contributed by atoms with Gasteiger partial charge in [-0.3, -0.25) is 4.79 Å². The molecule has 1 heterocycles. The topological polar surface area (TPSA) is 53.1 Å². The van der Waals surface area contributed by atoms with Gasteiger partial charge >= 0.3 is 5.97 Å². The maximum atomic E-state index is 10.5. The van der Waals surface area contributed by atoms with Gasteiger partial charge in [0.1, 0.15) is 0 Å². The van der Waals surface area contributed by atoms with Crippen molar-refractivity contribution < 1.29 is 9.90 Å². The highest BCUT2D eigenvalue weighted by Crippen LogP contribution is 2.22. The Hall–Kier alpha value is -1.77. The molecule has 1 aromatic heterocycles. The van der Waals surface area contributed by atoms with Gasteiger partial charge in [0.2, 0.25) is 0 Å². The zero-order valence-corrected chi connectivity index (χ0v) is 9.50. The van der Waals surface area contributed by atoms with Crippen LogP contribution in [0.15, 0.2) is 18.2 Å². The van der Waals surface area contributed by atoms with Crippen LogP contribution in [0.1, 0.15) is 23.2 Å². The normalized spacial score (nSPS) is 10.9. The third-order valence-electron chi connectivity index (χ3n) is 2.99. The highest BCUT2D eigenvalue weighted by atomic mass is 16.4. The number of nitrogens with one attached hydrogen (secondary N) is 1. The van der Waals surface area contributed by atoms with E-state index in [-0.39, 0.29) is 6.42 Å². The summed E-state index contributed by atoms with van der Waals surface area (Å²) in [7, 11) is 0. The number of hydrogen-bond donors (Lipinski definition) is 2. The van der Waals surface area contributed by atoms with Crippen LogP contribution in [0.4, 0.5) is 0 Å². The predicted molar refractivity (Wildman–Crippen MR) is 63.7 cm³/mol. The average Bonchev–Trinajstić information content (AvgIpc) is 2.64. The number of H-pyrrole nitrogens is 1. The van der Waals surface area contributed by atoms with Crippen molar-refractivity contribution in [3.05, 3.63) is 35.0 Å². The van der Waals surface area contributed by atoms with E-state index in [1.54, 1.807) is 0 Å². The Morgan fingerprint density at radius 2 is 2.12 bits per heavy atom. The Morgan fingerprint density at radius 1 is 1.38 bits per heavy atom. The van der Waals surface area contributed by atoms with E-state index in [1.165, 1.54) is 11.1 Å². The molecule has 0 amide bonds. The van der Waals surface area contributed by atoms with Crippen LogP contribution in [-0.2, 0) is 11.2 Å². The van der Waals surface area contributed by atoms with Crippen LogP contribution in [0.2, 0.25) is 0 Å². The molecule has 0 aliphatic heterocycles. The van der Waals surface area contributed by atoms with Gasteiger partial charge in [-0.1, -0.05) is 12.1 Å². The number of carbonyl (C=O) groups is 1. The number of hydrogen-bond acceptors (Lipinski definition) is 1. The van der Waals surface area contributed by atoms with Crippen molar-refractivity contribution in [2.75, 3.05) is 0 Å². The van der Waals surface area contributed by atoms with E-state index in [0.717, 1.165) is 16.6 Å². The summed E-state index contributed by atoms with van der Waals surface area (Å²) in [6, 6.07) is 6.19. The monoisotopic (exact) mass is 217 g/mol. The van der Waals surface area contributed by atoms with Gasteiger partial charge in [-0.25, -0.2) is 0 Å². The first-order valence-electron chi connectivity index (χ1n) is 5.37. The summed E-state index contributed by atoms with van der Waals surface area (Å²) in [5, 5.41) is 9.79. The number of benzene rings is 1. The van der Waals surface area contributed by atoms with Crippen molar-refractivity contribution in [3.8, 4) is 0 Å². The Balaban J connectivity index is 2.36. The number of rotatable bonds is 3. The molecule has 0 atom stereocenters. The lowest BCUT2D eigenvalue weighted by atomic mass is 10.1. The third-order valence-corrected chi connectivity index (χ3v) is 2.99. The number of aliphatic carboxylic acids is 1. The number of aromatic amines is 1. The minimum atomic E-state index is -0.758. The molecule has 0 saturated carbocycles. The van der Waals surface area contributed by atoms with Crippen LogP contribution in [0.25, 0.3) is 10.9 Å². The SMILES string of the molecule is Cc1ccc2cc(CCC(=O)O)[nH]c2c1C. The van der Waals surface area contributed by atoms with Crippen molar-refractivity contribution in [1.29, 1.82) is 0 Å². The van der Waals surface area contributed by atoms with Gasteiger partial charge in [-0.15, -0.1) is 0 Å². The van der Waals surface area contributed by atoms with E-state index in [1.807, 2.05) is 6.07 Å². The van der Waals surface area contributed by atoms with Crippen molar-refractivity contribution in [1.82, 2.24) is 4.98 Å². The van der Waals surface area contributed by atoms with Crippen LogP contribution in [-0.4, -0.2) is 16.1 Å². The molecule has 0 unspecified atom stereocenters. The van der Waals surface area contributed by atoms with Crippen LogP contribution in [0.5, 0.6) is 0 Å². The van der Waals surface area contributed by atoms with E-state index in [2.05, 4.69) is 31.0 Å². The van der Waals surface area contributed by atoms with E-state index < -0.39 is 5.97 Å². The number of fused-ring (bicyclic) bond motifs is 1. The maximum Gasteiger partial charge on any atom is 0.303 e. The Bertz CT molecular complexity index is 540. The predicted octanol–water partition coefficient (Wildman–Crippen LogP) is 2.80. The quantitative estimate of drug-likeness (QED) is 0.830. The summed E-state index contributed by atoms with van der Waals surface area (Å²) < 4.78 is 0. The molecular weight excluding hydrogens is 202 g/mol. The lowest BCUT2D eigenvalue weighted by molar-refractivity contribution is -0.136. The van der Waals surface area contributed by atoms with Crippen LogP contribution in [0.3, 0.4) is 0 Å². The minimum absolute atomic E-state index is 0.171. The zero-order valence-electron chi connectivity index (χ0n) is 9.50. The van der Waals surface area contributed by atoms with E-state index in [0.29, 0.717) is 6.42 Å². The summed E-state index contributed by atoms with van der Waals surface area (Å²) in [6.45, 7) is 4.15. The smallest absolute Gasteiger partial charge is 0.303 e. The Labute approximate surface area is 94.1 Å². The first-order valence-corrected chi connectivity index (χ1v) is 5.37. The molecule has 2 aromatic rings. The molecule has 2 N–H and O–H groups in total. The van der Waals surface area contributed by atoms with Crippen LogP contribution in [0, 0.1) is 13.8 Å². The number of carboxylic acids is 1. The molecule has 16 heavy (non-hydrogen) atoms. The first kappa shape index (κ1) is 10.7. The van der Waals surface area contributed by atoms with Crippen LogP contribution < -0.4 is 0 Å². The molecule has 0 fully saturated rings. The molecule has 0 radical (unpaired) electrons. The molecule has 3 nitrogen and oxygen atoms in total. The molecule has 2 rings (SSSR count). The fraction of sp³-hybridized carbons (Fsp3) is 0.308. The average molecular weight is 217 g/mol. The largest absolute Gasteiger partial charge is 0.481 e. The Kier molecular flexibility index (Phi) is 2.69. The summed E-state index contributed by atoms with van der Waals surface area (Å²) in [6.07, 6.45) is 0.730. The fourth-order valence-corrected chi connectivity index (χ4v) is 1.88. The van der Waals surface area contributed by atoms with Gasteiger partial charge in [0.05, 0.1) is 6.42 Å². The van der Waals surface area contributed by atoms with Crippen molar-refractivity contribution in [2.24, 2.45) is 0 Å². The molecule has 0 saturated heterocycles. The molecule has 1 aromatic carbocycles. The highest BCUT2D eigenvalue weighted by molar-refractivity contribution is 5.84. The lowest BCUT2D eigenvalue weighted by Gasteiger charge is -2.00. The second-order valence-electron chi connectivity index (χ2n) is 4.16. The van der Waals surface area contributed by atoms with Gasteiger partial charge in [0.15, 0.2) is 0 Å². The summed E-state index contributed by atoms with van der Waals surface area (Å²) >= 11 is 0. The van der Waals surface area contributed by atoms with Gasteiger partial charge in [0, 0.05) is 11.2 Å². The Morgan fingerprint density at radius 3 is 2.81 bits per heavy atom. The molecular formula is C13H15NO2. The molecule has 0 bridgehead atoms.